The molecule has 0 fully saturated rings. The number of benzene rings is 2. The first-order chi connectivity index (χ1) is 20.6. The fraction of sp³-hybridized carbons (Fsp3) is 0.257. The maximum atomic E-state index is 12.7. The first-order valence-electron chi connectivity index (χ1n) is 14.4. The Morgan fingerprint density at radius 2 is 1.48 bits per heavy atom. The van der Waals surface area contributed by atoms with Gasteiger partial charge in [-0.1, -0.05) is 61.1 Å². The van der Waals surface area contributed by atoms with E-state index in [9.17, 15) is 9.59 Å². The normalized spacial score (nSPS) is 13.3. The van der Waals surface area contributed by atoms with Gasteiger partial charge in [0.25, 0.3) is 5.91 Å². The molecule has 1 aliphatic carbocycles. The molecule has 2 aromatic carbocycles. The summed E-state index contributed by atoms with van der Waals surface area (Å²) in [6.07, 6.45) is 6.67. The molecule has 1 aliphatic rings. The molecule has 2 heterocycles. The maximum absolute atomic E-state index is 12.7. The van der Waals surface area contributed by atoms with Crippen molar-refractivity contribution in [2.75, 3.05) is 13.1 Å². The van der Waals surface area contributed by atoms with Crippen molar-refractivity contribution in [3.05, 3.63) is 119 Å². The lowest BCUT2D eigenvalue weighted by Gasteiger charge is -2.22. The van der Waals surface area contributed by atoms with Crippen LogP contribution in [0.1, 0.15) is 70.0 Å². The number of aryl methyl sites for hydroxylation is 1. The van der Waals surface area contributed by atoms with E-state index >= 15 is 0 Å². The van der Waals surface area contributed by atoms with Gasteiger partial charge in [-0.05, 0) is 67.3 Å². The molecular weight excluding hydrogens is 524 g/mol. The van der Waals surface area contributed by atoms with Gasteiger partial charge in [-0.2, -0.15) is 0 Å². The SMILES string of the molecule is Cc1ccnc(-c2cc(C(=O)NCCCCCCNC(=O)OC3Cc4ccccc4C#Cc4ccccc43)ccn2)c1. The number of aromatic nitrogens is 2. The summed E-state index contributed by atoms with van der Waals surface area (Å²) >= 11 is 0. The molecule has 42 heavy (non-hydrogen) atoms. The molecule has 7 heteroatoms. The molecule has 0 saturated heterocycles. The fourth-order valence-corrected chi connectivity index (χ4v) is 4.92. The molecule has 0 spiro atoms. The van der Waals surface area contributed by atoms with Gasteiger partial charge < -0.3 is 15.4 Å². The molecule has 4 aromatic rings. The van der Waals surface area contributed by atoms with E-state index in [1.165, 1.54) is 0 Å². The van der Waals surface area contributed by atoms with Crippen LogP contribution >= 0.6 is 0 Å². The third kappa shape index (κ3) is 7.61. The van der Waals surface area contributed by atoms with Crippen LogP contribution in [0.2, 0.25) is 0 Å². The minimum Gasteiger partial charge on any atom is -0.441 e. The Balaban J connectivity index is 1.02. The Bertz CT molecular complexity index is 1620. The van der Waals surface area contributed by atoms with Crippen molar-refractivity contribution in [3.63, 3.8) is 0 Å². The van der Waals surface area contributed by atoms with Crippen molar-refractivity contribution in [1.82, 2.24) is 20.6 Å². The molecule has 7 nitrogen and oxygen atoms in total. The van der Waals surface area contributed by atoms with Gasteiger partial charge in [0.15, 0.2) is 0 Å². The number of rotatable bonds is 10. The molecule has 0 saturated carbocycles. The van der Waals surface area contributed by atoms with Crippen LogP contribution in [0.4, 0.5) is 4.79 Å². The van der Waals surface area contributed by atoms with Gasteiger partial charge in [0.1, 0.15) is 6.10 Å². The number of alkyl carbamates (subject to hydrolysis) is 1. The summed E-state index contributed by atoms with van der Waals surface area (Å²) < 4.78 is 5.89. The number of hydrogen-bond donors (Lipinski definition) is 2. The van der Waals surface area contributed by atoms with Gasteiger partial charge in [0.05, 0.1) is 11.4 Å². The Morgan fingerprint density at radius 3 is 2.29 bits per heavy atom. The quantitative estimate of drug-likeness (QED) is 0.180. The van der Waals surface area contributed by atoms with Crippen molar-refractivity contribution in [3.8, 4) is 23.2 Å². The Morgan fingerprint density at radius 1 is 0.810 bits per heavy atom. The van der Waals surface area contributed by atoms with Crippen LogP contribution in [-0.4, -0.2) is 35.1 Å². The number of nitrogens with one attached hydrogen (secondary N) is 2. The van der Waals surface area contributed by atoms with Crippen molar-refractivity contribution in [1.29, 1.82) is 0 Å². The topological polar surface area (TPSA) is 93.2 Å². The van der Waals surface area contributed by atoms with Crippen LogP contribution in [0, 0.1) is 18.8 Å². The van der Waals surface area contributed by atoms with Crippen molar-refractivity contribution >= 4 is 12.0 Å². The lowest BCUT2D eigenvalue weighted by atomic mass is 9.92. The van der Waals surface area contributed by atoms with Crippen molar-refractivity contribution in [2.24, 2.45) is 0 Å². The highest BCUT2D eigenvalue weighted by Crippen LogP contribution is 2.28. The van der Waals surface area contributed by atoms with Gasteiger partial charge in [-0.15, -0.1) is 0 Å². The molecule has 212 valence electrons. The fourth-order valence-electron chi connectivity index (χ4n) is 4.92. The zero-order valence-electron chi connectivity index (χ0n) is 23.7. The first-order valence-corrected chi connectivity index (χ1v) is 14.4. The second kappa shape index (κ2) is 14.1. The van der Waals surface area contributed by atoms with Crippen LogP contribution in [0.25, 0.3) is 11.4 Å². The second-order valence-electron chi connectivity index (χ2n) is 10.3. The highest BCUT2D eigenvalue weighted by molar-refractivity contribution is 5.94. The average Bonchev–Trinajstić information content (AvgIpc) is 3.00. The van der Waals surface area contributed by atoms with Crippen LogP contribution in [0.5, 0.6) is 0 Å². The average molecular weight is 559 g/mol. The first kappa shape index (κ1) is 28.6. The highest BCUT2D eigenvalue weighted by Gasteiger charge is 2.22. The van der Waals surface area contributed by atoms with E-state index in [0.29, 0.717) is 30.8 Å². The van der Waals surface area contributed by atoms with E-state index in [2.05, 4.69) is 32.4 Å². The molecule has 1 unspecified atom stereocenters. The van der Waals surface area contributed by atoms with E-state index < -0.39 is 12.2 Å². The molecule has 0 aliphatic heterocycles. The van der Waals surface area contributed by atoms with Gasteiger partial charge in [-0.3, -0.25) is 14.8 Å². The number of hydrogen-bond acceptors (Lipinski definition) is 5. The largest absolute Gasteiger partial charge is 0.441 e. The molecule has 2 amide bonds. The van der Waals surface area contributed by atoms with E-state index in [-0.39, 0.29) is 5.91 Å². The summed E-state index contributed by atoms with van der Waals surface area (Å²) in [5, 5.41) is 5.88. The Hall–Kier alpha value is -4.96. The maximum Gasteiger partial charge on any atom is 0.407 e. The minimum absolute atomic E-state index is 0.125. The van der Waals surface area contributed by atoms with Crippen LogP contribution < -0.4 is 10.6 Å². The molecule has 0 bridgehead atoms. The third-order valence-electron chi connectivity index (χ3n) is 7.17. The zero-order chi connectivity index (χ0) is 29.1. The van der Waals surface area contributed by atoms with Crippen molar-refractivity contribution < 1.29 is 14.3 Å². The summed E-state index contributed by atoms with van der Waals surface area (Å²) in [4.78, 5) is 34.0. The number of nitrogens with zero attached hydrogens (tertiary/aromatic N) is 2. The molecule has 5 rings (SSSR count). The monoisotopic (exact) mass is 558 g/mol. The van der Waals surface area contributed by atoms with Crippen LogP contribution in [0.15, 0.2) is 85.2 Å². The van der Waals surface area contributed by atoms with Gasteiger partial charge in [-0.25, -0.2) is 4.79 Å². The summed E-state index contributed by atoms with van der Waals surface area (Å²) in [5.41, 5.74) is 6.90. The number of carbonyl (C=O) groups is 2. The third-order valence-corrected chi connectivity index (χ3v) is 7.17. The predicted molar refractivity (Wildman–Crippen MR) is 163 cm³/mol. The zero-order valence-corrected chi connectivity index (χ0v) is 23.7. The van der Waals surface area contributed by atoms with E-state index in [1.807, 2.05) is 67.6 Å². The number of pyridine rings is 2. The molecule has 2 N–H and O–H groups in total. The van der Waals surface area contributed by atoms with Crippen molar-refractivity contribution in [2.45, 2.75) is 45.1 Å². The lowest BCUT2D eigenvalue weighted by molar-refractivity contribution is 0.0948. The number of ether oxygens (including phenoxy) is 1. The summed E-state index contributed by atoms with van der Waals surface area (Å²) in [6.45, 7) is 3.11. The number of unbranched alkanes of at least 4 members (excludes halogenated alkanes) is 3. The summed E-state index contributed by atoms with van der Waals surface area (Å²) in [7, 11) is 0. The highest BCUT2D eigenvalue weighted by atomic mass is 16.6. The lowest BCUT2D eigenvalue weighted by Crippen LogP contribution is -2.28. The number of fused-ring (bicyclic) bond motifs is 2. The standard InChI is InChI=1S/C35H34N4O3/c1-25-16-20-36-31(22-25)32-23-29(17-21-37-32)34(40)38-18-8-2-3-9-19-39-35(41)42-33-24-28-12-5-4-10-26(28)14-15-27-11-6-7-13-30(27)33/h4-7,10-13,16-17,20-23,33H,2-3,8-9,18-19,24H2,1H3,(H,38,40)(H,39,41). The molecule has 1 atom stereocenters. The van der Waals surface area contributed by atoms with Crippen LogP contribution in [0.3, 0.4) is 0 Å². The smallest absolute Gasteiger partial charge is 0.407 e. The minimum atomic E-state index is -0.425. The number of carbonyl (C=O) groups excluding carboxylic acids is 2. The molecule has 2 aromatic heterocycles. The summed E-state index contributed by atoms with van der Waals surface area (Å²) in [5.74, 6) is 6.36. The van der Waals surface area contributed by atoms with Gasteiger partial charge in [0, 0.05) is 54.2 Å². The summed E-state index contributed by atoms with van der Waals surface area (Å²) in [6, 6.07) is 23.2. The second-order valence-corrected chi connectivity index (χ2v) is 10.3. The van der Waals surface area contributed by atoms with Crippen LogP contribution in [-0.2, 0) is 11.2 Å². The van der Waals surface area contributed by atoms with E-state index in [0.717, 1.165) is 59.2 Å². The molecule has 0 radical (unpaired) electrons. The Labute approximate surface area is 246 Å². The Kier molecular flexibility index (Phi) is 9.58. The van der Waals surface area contributed by atoms with E-state index in [4.69, 9.17) is 4.74 Å². The van der Waals surface area contributed by atoms with Gasteiger partial charge >= 0.3 is 6.09 Å². The van der Waals surface area contributed by atoms with Gasteiger partial charge in [0.2, 0.25) is 0 Å². The molecular formula is C35H34N4O3. The predicted octanol–water partition coefficient (Wildman–Crippen LogP) is 6.17. The number of amides is 2. The van der Waals surface area contributed by atoms with E-state index in [1.54, 1.807) is 24.5 Å².